The van der Waals surface area contributed by atoms with Gasteiger partial charge in [-0.15, -0.1) is 0 Å². The van der Waals surface area contributed by atoms with Crippen molar-refractivity contribution < 1.29 is 23.8 Å². The second kappa shape index (κ2) is 8.27. The van der Waals surface area contributed by atoms with Crippen molar-refractivity contribution in [3.63, 3.8) is 0 Å². The molecule has 2 aromatic rings. The Morgan fingerprint density at radius 1 is 1.31 bits per heavy atom. The molecule has 11 heteroatoms. The van der Waals surface area contributed by atoms with Crippen molar-refractivity contribution >= 4 is 40.6 Å². The van der Waals surface area contributed by atoms with Crippen molar-refractivity contribution in [3.05, 3.63) is 61.9 Å². The predicted octanol–water partition coefficient (Wildman–Crippen LogP) is 2.67. The fourth-order valence-corrected chi connectivity index (χ4v) is 3.58. The third kappa shape index (κ3) is 4.35. The number of rotatable bonds is 6. The summed E-state index contributed by atoms with van der Waals surface area (Å²) in [4.78, 5) is 48.2. The Labute approximate surface area is 169 Å². The molecular weight excluding hydrogens is 400 g/mol. The van der Waals surface area contributed by atoms with Gasteiger partial charge < -0.3 is 9.84 Å². The first-order chi connectivity index (χ1) is 13.8. The fourth-order valence-electron chi connectivity index (χ4n) is 2.71. The molecule has 0 spiro atoms. The van der Waals surface area contributed by atoms with Gasteiger partial charge in [0.2, 0.25) is 0 Å². The summed E-state index contributed by atoms with van der Waals surface area (Å²) in [6.45, 7) is 3.35. The summed E-state index contributed by atoms with van der Waals surface area (Å²) < 4.78 is 4.94. The summed E-state index contributed by atoms with van der Waals surface area (Å²) in [6, 6.07) is 5.63. The van der Waals surface area contributed by atoms with Crippen molar-refractivity contribution in [2.24, 2.45) is 0 Å². The smallest absolute Gasteiger partial charge is 0.293 e. The highest BCUT2D eigenvalue weighted by Crippen LogP contribution is 2.32. The minimum atomic E-state index is -0.519. The minimum Gasteiger partial charge on any atom is -0.361 e. The molecule has 1 aliphatic heterocycles. The number of carbonyl (C=O) groups is 3. The molecule has 0 bridgehead atoms. The second-order valence-corrected chi connectivity index (χ2v) is 7.13. The van der Waals surface area contributed by atoms with Gasteiger partial charge in [-0.3, -0.25) is 29.4 Å². The van der Waals surface area contributed by atoms with Gasteiger partial charge in [-0.05, 0) is 49.4 Å². The van der Waals surface area contributed by atoms with Crippen LogP contribution in [0.25, 0.3) is 6.08 Å². The monoisotopic (exact) mass is 416 g/mol. The first-order valence-electron chi connectivity index (χ1n) is 8.49. The van der Waals surface area contributed by atoms with Gasteiger partial charge in [0.1, 0.15) is 11.3 Å². The minimum absolute atomic E-state index is 0.0113. The lowest BCUT2D eigenvalue weighted by atomic mass is 10.2. The fraction of sp³-hybridized carbons (Fsp3) is 0.222. The number of hydrogen-bond donors (Lipinski definition) is 1. The zero-order chi connectivity index (χ0) is 21.1. The van der Waals surface area contributed by atoms with Crippen LogP contribution in [0.1, 0.15) is 27.4 Å². The van der Waals surface area contributed by atoms with E-state index in [0.717, 1.165) is 16.7 Å². The molecule has 1 aromatic carbocycles. The van der Waals surface area contributed by atoms with E-state index in [2.05, 4.69) is 10.5 Å². The van der Waals surface area contributed by atoms with Crippen LogP contribution in [0.3, 0.4) is 0 Å². The van der Waals surface area contributed by atoms with Crippen molar-refractivity contribution in [1.82, 2.24) is 15.4 Å². The van der Waals surface area contributed by atoms with Crippen molar-refractivity contribution in [2.45, 2.75) is 13.8 Å². The van der Waals surface area contributed by atoms with Gasteiger partial charge in [0.25, 0.3) is 22.7 Å². The number of thioether (sulfide) groups is 1. The number of non-ortho nitro benzene ring substituents is 1. The summed E-state index contributed by atoms with van der Waals surface area (Å²) in [5, 5.41) is 16.6. The van der Waals surface area contributed by atoms with Crippen LogP contribution in [0.5, 0.6) is 0 Å². The maximum absolute atomic E-state index is 12.5. The predicted molar refractivity (Wildman–Crippen MR) is 104 cm³/mol. The van der Waals surface area contributed by atoms with Crippen LogP contribution in [-0.2, 0) is 4.79 Å². The van der Waals surface area contributed by atoms with Gasteiger partial charge in [0.05, 0.1) is 15.5 Å². The molecule has 1 aliphatic rings. The van der Waals surface area contributed by atoms with Crippen LogP contribution in [-0.4, -0.2) is 45.1 Å². The average molecular weight is 416 g/mol. The van der Waals surface area contributed by atoms with E-state index in [0.29, 0.717) is 22.6 Å². The Morgan fingerprint density at radius 2 is 2.00 bits per heavy atom. The second-order valence-electron chi connectivity index (χ2n) is 6.14. The van der Waals surface area contributed by atoms with Gasteiger partial charge in [-0.25, -0.2) is 0 Å². The molecule has 29 heavy (non-hydrogen) atoms. The molecule has 0 saturated carbocycles. The number of aryl methyl sites for hydroxylation is 2. The van der Waals surface area contributed by atoms with Crippen LogP contribution >= 0.6 is 11.8 Å². The molecule has 0 unspecified atom stereocenters. The topological polar surface area (TPSA) is 136 Å². The number of nitro groups is 1. The first kappa shape index (κ1) is 20.3. The van der Waals surface area contributed by atoms with Gasteiger partial charge >= 0.3 is 0 Å². The lowest BCUT2D eigenvalue weighted by Gasteiger charge is -2.12. The highest BCUT2D eigenvalue weighted by atomic mass is 32.2. The summed E-state index contributed by atoms with van der Waals surface area (Å²) in [6.07, 6.45) is 1.50. The zero-order valence-electron chi connectivity index (χ0n) is 15.5. The Kier molecular flexibility index (Phi) is 5.78. The maximum Gasteiger partial charge on any atom is 0.293 e. The van der Waals surface area contributed by atoms with Crippen molar-refractivity contribution in [2.75, 3.05) is 13.1 Å². The summed E-state index contributed by atoms with van der Waals surface area (Å²) in [5.74, 6) is -0.489. The molecule has 1 saturated heterocycles. The lowest BCUT2D eigenvalue weighted by molar-refractivity contribution is -0.384. The number of amides is 3. The largest absolute Gasteiger partial charge is 0.361 e. The maximum atomic E-state index is 12.5. The van der Waals surface area contributed by atoms with E-state index >= 15 is 0 Å². The Balaban J connectivity index is 1.61. The van der Waals surface area contributed by atoms with Crippen LogP contribution in [0.4, 0.5) is 10.5 Å². The normalized spacial score (nSPS) is 15.2. The molecule has 0 atom stereocenters. The number of aromatic nitrogens is 1. The summed E-state index contributed by atoms with van der Waals surface area (Å²) >= 11 is 0.776. The van der Waals surface area contributed by atoms with E-state index in [9.17, 15) is 24.5 Å². The molecule has 2 heterocycles. The number of nitro benzene ring substituents is 1. The number of imide groups is 1. The van der Waals surface area contributed by atoms with Crippen LogP contribution in [0.15, 0.2) is 33.7 Å². The third-order valence-electron chi connectivity index (χ3n) is 4.16. The van der Waals surface area contributed by atoms with E-state index in [1.807, 2.05) is 0 Å². The molecule has 10 nitrogen and oxygen atoms in total. The molecule has 0 radical (unpaired) electrons. The van der Waals surface area contributed by atoms with Crippen LogP contribution in [0, 0.1) is 24.0 Å². The van der Waals surface area contributed by atoms with Crippen LogP contribution in [0.2, 0.25) is 0 Å². The van der Waals surface area contributed by atoms with Gasteiger partial charge in [0, 0.05) is 25.2 Å². The number of carbonyl (C=O) groups excluding carboxylic acids is 3. The molecule has 3 amide bonds. The summed E-state index contributed by atoms with van der Waals surface area (Å²) in [5.41, 5.74) is 1.28. The standard InChI is InChI=1S/C18H16N4O6S/c1-10-15(11(2)28-20-10)16(23)19-7-8-21-17(24)14(29-18(21)25)9-12-3-5-13(6-4-12)22(26)27/h3-6,9H,7-8H2,1-2H3,(H,19,23)/b14-9-. The Morgan fingerprint density at radius 3 is 2.59 bits per heavy atom. The van der Waals surface area contributed by atoms with Crippen molar-refractivity contribution in [1.29, 1.82) is 0 Å². The zero-order valence-corrected chi connectivity index (χ0v) is 16.3. The Bertz CT molecular complexity index is 1010. The molecular formula is C18H16N4O6S. The van der Waals surface area contributed by atoms with E-state index in [1.165, 1.54) is 30.3 Å². The lowest BCUT2D eigenvalue weighted by Crippen LogP contribution is -2.37. The molecule has 3 rings (SSSR count). The van der Waals surface area contributed by atoms with Gasteiger partial charge in [0.15, 0.2) is 0 Å². The molecule has 0 aliphatic carbocycles. The van der Waals surface area contributed by atoms with Crippen LogP contribution < -0.4 is 5.32 Å². The van der Waals surface area contributed by atoms with Gasteiger partial charge in [-0.1, -0.05) is 5.16 Å². The molecule has 1 N–H and O–H groups in total. The highest BCUT2D eigenvalue weighted by Gasteiger charge is 2.34. The third-order valence-corrected chi connectivity index (χ3v) is 5.06. The SMILES string of the molecule is Cc1noc(C)c1C(=O)NCCN1C(=O)S/C(=C\c2ccc([N+](=O)[O-])cc2)C1=O. The number of nitrogens with one attached hydrogen (secondary N) is 1. The average Bonchev–Trinajstić information content (AvgIpc) is 3.15. The van der Waals surface area contributed by atoms with E-state index in [1.54, 1.807) is 13.8 Å². The first-order valence-corrected chi connectivity index (χ1v) is 9.30. The number of benzene rings is 1. The number of hydrogen-bond acceptors (Lipinski definition) is 8. The molecule has 1 fully saturated rings. The Hall–Kier alpha value is -3.47. The summed E-state index contributed by atoms with van der Waals surface area (Å²) in [7, 11) is 0. The molecule has 150 valence electrons. The highest BCUT2D eigenvalue weighted by molar-refractivity contribution is 8.18. The van der Waals surface area contributed by atoms with E-state index < -0.39 is 22.0 Å². The van der Waals surface area contributed by atoms with E-state index in [4.69, 9.17) is 4.52 Å². The molecule has 1 aromatic heterocycles. The van der Waals surface area contributed by atoms with Crippen molar-refractivity contribution in [3.8, 4) is 0 Å². The number of nitrogens with zero attached hydrogens (tertiary/aromatic N) is 3. The quantitative estimate of drug-likeness (QED) is 0.431. The van der Waals surface area contributed by atoms with Gasteiger partial charge in [-0.2, -0.15) is 0 Å². The van der Waals surface area contributed by atoms with E-state index in [-0.39, 0.29) is 23.7 Å².